The van der Waals surface area contributed by atoms with E-state index in [0.717, 1.165) is 25.3 Å². The number of aromatic nitrogens is 3. The lowest BCUT2D eigenvalue weighted by Crippen LogP contribution is -2.58. The Morgan fingerprint density at radius 2 is 2.05 bits per heavy atom. The van der Waals surface area contributed by atoms with Crippen LogP contribution in [0, 0.1) is 0 Å². The molecule has 1 aromatic rings. The predicted molar refractivity (Wildman–Crippen MR) is 81.8 cm³/mol. The largest absolute Gasteiger partial charge is 0.312 e. The van der Waals surface area contributed by atoms with E-state index < -0.39 is 0 Å². The van der Waals surface area contributed by atoms with Crippen molar-refractivity contribution in [3.63, 3.8) is 0 Å². The van der Waals surface area contributed by atoms with Crippen molar-refractivity contribution in [1.29, 1.82) is 0 Å². The number of nitrogens with zero attached hydrogens (tertiary/aromatic N) is 4. The van der Waals surface area contributed by atoms with Gasteiger partial charge in [0, 0.05) is 24.5 Å². The lowest BCUT2D eigenvalue weighted by Gasteiger charge is -2.43. The van der Waals surface area contributed by atoms with E-state index in [1.807, 2.05) is 4.68 Å². The second-order valence-corrected chi connectivity index (χ2v) is 6.01. The SMILES string of the molecule is CCNC(Cc1ncnn1CC)C1(N(C)C)CCCC1. The zero-order valence-corrected chi connectivity index (χ0v) is 13.4. The summed E-state index contributed by atoms with van der Waals surface area (Å²) in [7, 11) is 4.44. The Morgan fingerprint density at radius 3 is 2.60 bits per heavy atom. The summed E-state index contributed by atoms with van der Waals surface area (Å²) >= 11 is 0. The topological polar surface area (TPSA) is 46.0 Å². The van der Waals surface area contributed by atoms with Gasteiger partial charge in [-0.15, -0.1) is 0 Å². The first-order valence-corrected chi connectivity index (χ1v) is 7.91. The number of hydrogen-bond donors (Lipinski definition) is 1. The summed E-state index contributed by atoms with van der Waals surface area (Å²) in [6, 6.07) is 0.444. The molecule has 1 atom stereocenters. The van der Waals surface area contributed by atoms with Crippen LogP contribution < -0.4 is 5.32 Å². The standard InChI is InChI=1S/C15H29N5/c1-5-16-13(11-14-17-12-18-20(14)6-2)15(19(3)4)9-7-8-10-15/h12-13,16H,5-11H2,1-4H3. The predicted octanol–water partition coefficient (Wildman–Crippen LogP) is 1.69. The maximum absolute atomic E-state index is 4.46. The quantitative estimate of drug-likeness (QED) is 0.825. The summed E-state index contributed by atoms with van der Waals surface area (Å²) in [6.07, 6.45) is 7.86. The van der Waals surface area contributed by atoms with Gasteiger partial charge in [-0.05, 0) is 40.4 Å². The van der Waals surface area contributed by atoms with Gasteiger partial charge in [-0.3, -0.25) is 4.68 Å². The Kier molecular flexibility index (Phi) is 5.16. The third kappa shape index (κ3) is 2.88. The van der Waals surface area contributed by atoms with Gasteiger partial charge < -0.3 is 10.2 Å². The number of rotatable bonds is 7. The Morgan fingerprint density at radius 1 is 1.35 bits per heavy atom. The van der Waals surface area contributed by atoms with Crippen molar-refractivity contribution < 1.29 is 0 Å². The third-order valence-electron chi connectivity index (χ3n) is 4.84. The van der Waals surface area contributed by atoms with Gasteiger partial charge in [0.25, 0.3) is 0 Å². The zero-order chi connectivity index (χ0) is 14.6. The van der Waals surface area contributed by atoms with Gasteiger partial charge in [-0.1, -0.05) is 19.8 Å². The van der Waals surface area contributed by atoms with E-state index >= 15 is 0 Å². The van der Waals surface area contributed by atoms with Gasteiger partial charge in [0.05, 0.1) is 0 Å². The van der Waals surface area contributed by atoms with Crippen LogP contribution in [0.5, 0.6) is 0 Å². The molecule has 1 unspecified atom stereocenters. The summed E-state index contributed by atoms with van der Waals surface area (Å²) in [5, 5.41) is 8.02. The monoisotopic (exact) mass is 279 g/mol. The maximum Gasteiger partial charge on any atom is 0.138 e. The van der Waals surface area contributed by atoms with Gasteiger partial charge in [0.15, 0.2) is 0 Å². The van der Waals surface area contributed by atoms with E-state index in [9.17, 15) is 0 Å². The maximum atomic E-state index is 4.46. The average Bonchev–Trinajstić information content (AvgIpc) is 3.07. The van der Waals surface area contributed by atoms with Crippen molar-refractivity contribution in [1.82, 2.24) is 25.0 Å². The molecule has 0 aromatic carbocycles. The molecule has 0 bridgehead atoms. The molecule has 0 saturated heterocycles. The second kappa shape index (κ2) is 6.68. The van der Waals surface area contributed by atoms with Crippen LogP contribution in [0.1, 0.15) is 45.4 Å². The molecule has 0 spiro atoms. The highest BCUT2D eigenvalue weighted by molar-refractivity contribution is 5.06. The number of hydrogen-bond acceptors (Lipinski definition) is 4. The second-order valence-electron chi connectivity index (χ2n) is 6.01. The Labute approximate surface area is 122 Å². The van der Waals surface area contributed by atoms with E-state index in [1.54, 1.807) is 6.33 Å². The zero-order valence-electron chi connectivity index (χ0n) is 13.4. The fourth-order valence-corrected chi connectivity index (χ4v) is 3.69. The Hall–Kier alpha value is -0.940. The van der Waals surface area contributed by atoms with Gasteiger partial charge in [-0.25, -0.2) is 4.98 Å². The highest BCUT2D eigenvalue weighted by Gasteiger charge is 2.43. The summed E-state index contributed by atoms with van der Waals surface area (Å²) in [6.45, 7) is 6.21. The summed E-state index contributed by atoms with van der Waals surface area (Å²) < 4.78 is 2.02. The van der Waals surface area contributed by atoms with Crippen molar-refractivity contribution in [2.75, 3.05) is 20.6 Å². The van der Waals surface area contributed by atoms with Crippen LogP contribution in [-0.2, 0) is 13.0 Å². The van der Waals surface area contributed by atoms with Gasteiger partial charge >= 0.3 is 0 Å². The summed E-state index contributed by atoms with van der Waals surface area (Å²) in [4.78, 5) is 6.89. The molecule has 1 heterocycles. The van der Waals surface area contributed by atoms with E-state index in [-0.39, 0.29) is 5.54 Å². The molecular weight excluding hydrogens is 250 g/mol. The van der Waals surface area contributed by atoms with Crippen LogP contribution in [0.25, 0.3) is 0 Å². The molecule has 1 aliphatic carbocycles. The fraction of sp³-hybridized carbons (Fsp3) is 0.867. The summed E-state index contributed by atoms with van der Waals surface area (Å²) in [5.74, 6) is 1.10. The van der Waals surface area contributed by atoms with Gasteiger partial charge in [0.1, 0.15) is 12.2 Å². The summed E-state index contributed by atoms with van der Waals surface area (Å²) in [5.41, 5.74) is 0.264. The van der Waals surface area contributed by atoms with Crippen LogP contribution in [0.3, 0.4) is 0 Å². The van der Waals surface area contributed by atoms with E-state index in [4.69, 9.17) is 0 Å². The molecule has 0 radical (unpaired) electrons. The fourth-order valence-electron chi connectivity index (χ4n) is 3.69. The molecule has 1 N–H and O–H groups in total. The van der Waals surface area contributed by atoms with Crippen molar-refractivity contribution in [2.45, 2.75) is 64.1 Å². The van der Waals surface area contributed by atoms with Crippen LogP contribution in [0.2, 0.25) is 0 Å². The molecule has 5 nitrogen and oxygen atoms in total. The molecule has 114 valence electrons. The van der Waals surface area contributed by atoms with E-state index in [1.165, 1.54) is 25.7 Å². The molecule has 1 aromatic heterocycles. The number of aryl methyl sites for hydroxylation is 1. The Bertz CT molecular complexity index is 406. The highest BCUT2D eigenvalue weighted by atomic mass is 15.3. The van der Waals surface area contributed by atoms with Crippen LogP contribution in [0.4, 0.5) is 0 Å². The molecule has 5 heteroatoms. The van der Waals surface area contributed by atoms with Crippen molar-refractivity contribution in [2.24, 2.45) is 0 Å². The first-order valence-electron chi connectivity index (χ1n) is 7.91. The highest BCUT2D eigenvalue weighted by Crippen LogP contribution is 2.37. The van der Waals surface area contributed by atoms with E-state index in [0.29, 0.717) is 6.04 Å². The van der Waals surface area contributed by atoms with Gasteiger partial charge in [0.2, 0.25) is 0 Å². The minimum absolute atomic E-state index is 0.264. The minimum Gasteiger partial charge on any atom is -0.312 e. The normalized spacial score (nSPS) is 19.6. The van der Waals surface area contributed by atoms with E-state index in [2.05, 4.69) is 48.2 Å². The molecule has 1 fully saturated rings. The molecule has 1 aliphatic rings. The number of likely N-dealkylation sites (N-methyl/N-ethyl adjacent to an activating group) is 2. The molecule has 1 saturated carbocycles. The van der Waals surface area contributed by atoms with Crippen molar-refractivity contribution >= 4 is 0 Å². The molecular formula is C15H29N5. The lowest BCUT2D eigenvalue weighted by atomic mass is 9.84. The number of nitrogens with one attached hydrogen (secondary N) is 1. The van der Waals surface area contributed by atoms with Crippen LogP contribution in [0.15, 0.2) is 6.33 Å². The lowest BCUT2D eigenvalue weighted by molar-refractivity contribution is 0.103. The minimum atomic E-state index is 0.264. The molecule has 20 heavy (non-hydrogen) atoms. The molecule has 0 aliphatic heterocycles. The first-order chi connectivity index (χ1) is 9.64. The molecule has 2 rings (SSSR count). The third-order valence-corrected chi connectivity index (χ3v) is 4.84. The molecule has 0 amide bonds. The first kappa shape index (κ1) is 15.4. The average molecular weight is 279 g/mol. The van der Waals surface area contributed by atoms with Crippen molar-refractivity contribution in [3.05, 3.63) is 12.2 Å². The Balaban J connectivity index is 2.21. The van der Waals surface area contributed by atoms with Crippen LogP contribution in [-0.4, -0.2) is 51.9 Å². The van der Waals surface area contributed by atoms with Crippen LogP contribution >= 0.6 is 0 Å². The van der Waals surface area contributed by atoms with Gasteiger partial charge in [-0.2, -0.15) is 5.10 Å². The smallest absolute Gasteiger partial charge is 0.138 e. The van der Waals surface area contributed by atoms with Crippen molar-refractivity contribution in [3.8, 4) is 0 Å².